The van der Waals surface area contributed by atoms with Gasteiger partial charge in [0.15, 0.2) is 5.96 Å². The molecule has 1 aliphatic rings. The van der Waals surface area contributed by atoms with Crippen LogP contribution in [0.15, 0.2) is 4.99 Å². The van der Waals surface area contributed by atoms with Crippen molar-refractivity contribution in [2.75, 3.05) is 65.4 Å². The van der Waals surface area contributed by atoms with Gasteiger partial charge in [-0.15, -0.1) is 24.0 Å². The van der Waals surface area contributed by atoms with Crippen LogP contribution >= 0.6 is 35.7 Å². The average molecular weight is 471 g/mol. The second kappa shape index (κ2) is 14.4. The van der Waals surface area contributed by atoms with Crippen LogP contribution in [-0.2, 0) is 0 Å². The lowest BCUT2D eigenvalue weighted by Crippen LogP contribution is -2.55. The number of hydrogen-bond acceptors (Lipinski definition) is 4. The number of guanidine groups is 1. The second-order valence-electron chi connectivity index (χ2n) is 6.73. The molecule has 0 aromatic heterocycles. The van der Waals surface area contributed by atoms with Gasteiger partial charge in [-0.25, -0.2) is 0 Å². The molecule has 1 unspecified atom stereocenters. The van der Waals surface area contributed by atoms with Gasteiger partial charge in [-0.3, -0.25) is 9.89 Å². The lowest BCUT2D eigenvalue weighted by molar-refractivity contribution is 0.0900. The number of rotatable bonds is 9. The Labute approximate surface area is 170 Å². The summed E-state index contributed by atoms with van der Waals surface area (Å²) in [6.45, 7) is 11.3. The maximum Gasteiger partial charge on any atom is 0.191 e. The van der Waals surface area contributed by atoms with Crippen molar-refractivity contribution in [3.63, 3.8) is 0 Å². The molecule has 1 fully saturated rings. The van der Waals surface area contributed by atoms with E-state index in [4.69, 9.17) is 0 Å². The van der Waals surface area contributed by atoms with E-state index >= 15 is 0 Å². The van der Waals surface area contributed by atoms with Gasteiger partial charge in [0.2, 0.25) is 0 Å². The van der Waals surface area contributed by atoms with Crippen molar-refractivity contribution < 1.29 is 0 Å². The van der Waals surface area contributed by atoms with Gasteiger partial charge in [0.1, 0.15) is 0 Å². The molecule has 0 aromatic rings. The largest absolute Gasteiger partial charge is 0.356 e. The maximum absolute atomic E-state index is 4.36. The molecule has 24 heavy (non-hydrogen) atoms. The highest BCUT2D eigenvalue weighted by Gasteiger charge is 2.24. The van der Waals surface area contributed by atoms with Crippen molar-refractivity contribution in [2.24, 2.45) is 10.9 Å². The molecule has 0 radical (unpaired) electrons. The Kier molecular flexibility index (Phi) is 14.6. The number of hydrogen-bond donors (Lipinski definition) is 2. The Morgan fingerprint density at radius 1 is 1.12 bits per heavy atom. The Bertz CT molecular complexity index is 333. The second-order valence-corrected chi connectivity index (χ2v) is 7.72. The molecule has 1 heterocycles. The minimum atomic E-state index is 0. The Morgan fingerprint density at radius 3 is 2.33 bits per heavy atom. The zero-order valence-electron chi connectivity index (χ0n) is 16.2. The van der Waals surface area contributed by atoms with E-state index in [0.29, 0.717) is 12.0 Å². The standard InChI is InChI=1S/C17H37N5S.HI/c1-15(2)16(22-11-9-21(4)10-12-22)14-20-17(18-3)19-8-6-7-13-23-5;/h15-16H,6-14H2,1-5H3,(H2,18,19,20);1H. The smallest absolute Gasteiger partial charge is 0.191 e. The molecule has 7 heteroatoms. The van der Waals surface area contributed by atoms with Gasteiger partial charge in [-0.05, 0) is 37.8 Å². The highest BCUT2D eigenvalue weighted by molar-refractivity contribution is 14.0. The van der Waals surface area contributed by atoms with E-state index in [1.807, 2.05) is 18.8 Å². The number of likely N-dealkylation sites (N-methyl/N-ethyl adjacent to an activating group) is 1. The summed E-state index contributed by atoms with van der Waals surface area (Å²) >= 11 is 1.92. The third kappa shape index (κ3) is 9.68. The first-order chi connectivity index (χ1) is 11.1. The van der Waals surface area contributed by atoms with Crippen molar-refractivity contribution in [3.05, 3.63) is 0 Å². The van der Waals surface area contributed by atoms with Crippen LogP contribution in [0.5, 0.6) is 0 Å². The fourth-order valence-electron chi connectivity index (χ4n) is 2.94. The van der Waals surface area contributed by atoms with Crippen LogP contribution in [0.25, 0.3) is 0 Å². The first-order valence-electron chi connectivity index (χ1n) is 8.94. The molecule has 0 bridgehead atoms. The molecule has 0 saturated carbocycles. The molecule has 5 nitrogen and oxygen atoms in total. The van der Waals surface area contributed by atoms with Crippen molar-refractivity contribution >= 4 is 41.7 Å². The van der Waals surface area contributed by atoms with E-state index in [9.17, 15) is 0 Å². The van der Waals surface area contributed by atoms with Crippen molar-refractivity contribution in [1.82, 2.24) is 20.4 Å². The van der Waals surface area contributed by atoms with Crippen LogP contribution in [0, 0.1) is 5.92 Å². The lowest BCUT2D eigenvalue weighted by atomic mass is 10.0. The molecular weight excluding hydrogens is 433 g/mol. The number of nitrogens with zero attached hydrogens (tertiary/aromatic N) is 3. The quantitative estimate of drug-likeness (QED) is 0.234. The summed E-state index contributed by atoms with van der Waals surface area (Å²) in [6.07, 6.45) is 4.63. The monoisotopic (exact) mass is 471 g/mol. The Morgan fingerprint density at radius 2 is 1.79 bits per heavy atom. The van der Waals surface area contributed by atoms with Gasteiger partial charge in [-0.2, -0.15) is 11.8 Å². The molecule has 0 aromatic carbocycles. The number of unbranched alkanes of at least 4 members (excludes halogenated alkanes) is 1. The van der Waals surface area contributed by atoms with Crippen LogP contribution in [0.1, 0.15) is 26.7 Å². The maximum atomic E-state index is 4.36. The minimum absolute atomic E-state index is 0. The zero-order chi connectivity index (χ0) is 17.1. The number of piperazine rings is 1. The van der Waals surface area contributed by atoms with E-state index in [0.717, 1.165) is 19.0 Å². The number of halogens is 1. The first kappa shape index (κ1) is 24.3. The van der Waals surface area contributed by atoms with Gasteiger partial charge in [0, 0.05) is 52.4 Å². The van der Waals surface area contributed by atoms with E-state index in [1.165, 1.54) is 44.8 Å². The molecule has 0 amide bonds. The zero-order valence-corrected chi connectivity index (χ0v) is 19.3. The summed E-state index contributed by atoms with van der Waals surface area (Å²) in [5.41, 5.74) is 0. The molecule has 2 N–H and O–H groups in total. The van der Waals surface area contributed by atoms with Gasteiger partial charge >= 0.3 is 0 Å². The van der Waals surface area contributed by atoms with E-state index < -0.39 is 0 Å². The third-order valence-electron chi connectivity index (χ3n) is 4.55. The summed E-state index contributed by atoms with van der Waals surface area (Å²) in [5, 5.41) is 6.96. The Hall–Kier alpha value is 0.270. The normalized spacial score (nSPS) is 18.3. The number of nitrogens with one attached hydrogen (secondary N) is 2. The van der Waals surface area contributed by atoms with Gasteiger partial charge < -0.3 is 15.5 Å². The molecule has 1 rings (SSSR count). The van der Waals surface area contributed by atoms with E-state index in [1.54, 1.807) is 0 Å². The summed E-state index contributed by atoms with van der Waals surface area (Å²) < 4.78 is 0. The van der Waals surface area contributed by atoms with Crippen LogP contribution in [0.2, 0.25) is 0 Å². The van der Waals surface area contributed by atoms with Crippen LogP contribution in [0.3, 0.4) is 0 Å². The van der Waals surface area contributed by atoms with Crippen LogP contribution < -0.4 is 10.6 Å². The Balaban J connectivity index is 0.00000529. The van der Waals surface area contributed by atoms with Crippen molar-refractivity contribution in [2.45, 2.75) is 32.7 Å². The SMILES string of the molecule is CN=C(NCCCCSC)NCC(C(C)C)N1CCN(C)CC1.I. The summed E-state index contributed by atoms with van der Waals surface area (Å²) in [7, 11) is 4.07. The molecule has 0 spiro atoms. The van der Waals surface area contributed by atoms with Crippen molar-refractivity contribution in [3.8, 4) is 0 Å². The summed E-state index contributed by atoms with van der Waals surface area (Å²) in [5.74, 6) is 2.83. The predicted molar refractivity (Wildman–Crippen MR) is 120 cm³/mol. The fourth-order valence-corrected chi connectivity index (χ4v) is 3.43. The topological polar surface area (TPSA) is 42.9 Å². The molecule has 0 aliphatic carbocycles. The predicted octanol–water partition coefficient (Wildman–Crippen LogP) is 2.18. The van der Waals surface area contributed by atoms with E-state index in [2.05, 4.69) is 52.6 Å². The molecule has 144 valence electrons. The van der Waals surface area contributed by atoms with Crippen LogP contribution in [0.4, 0.5) is 0 Å². The van der Waals surface area contributed by atoms with Gasteiger partial charge in [-0.1, -0.05) is 13.8 Å². The van der Waals surface area contributed by atoms with Gasteiger partial charge in [0.25, 0.3) is 0 Å². The minimum Gasteiger partial charge on any atom is -0.356 e. The summed E-state index contributed by atoms with van der Waals surface area (Å²) in [6, 6.07) is 0.568. The average Bonchev–Trinajstić information content (AvgIpc) is 2.54. The molecule has 1 saturated heterocycles. The number of thioether (sulfide) groups is 1. The number of aliphatic imine (C=N–C) groups is 1. The van der Waals surface area contributed by atoms with Gasteiger partial charge in [0.05, 0.1) is 0 Å². The first-order valence-corrected chi connectivity index (χ1v) is 10.3. The highest BCUT2D eigenvalue weighted by Crippen LogP contribution is 2.12. The molecule has 1 atom stereocenters. The van der Waals surface area contributed by atoms with Crippen LogP contribution in [-0.4, -0.2) is 87.2 Å². The highest BCUT2D eigenvalue weighted by atomic mass is 127. The fraction of sp³-hybridized carbons (Fsp3) is 0.941. The van der Waals surface area contributed by atoms with Crippen molar-refractivity contribution in [1.29, 1.82) is 0 Å². The molecule has 1 aliphatic heterocycles. The third-order valence-corrected chi connectivity index (χ3v) is 5.24. The molecular formula is C17H38IN5S. The lowest BCUT2D eigenvalue weighted by Gasteiger charge is -2.40. The van der Waals surface area contributed by atoms with E-state index in [-0.39, 0.29) is 24.0 Å². The summed E-state index contributed by atoms with van der Waals surface area (Å²) in [4.78, 5) is 9.40.